The van der Waals surface area contributed by atoms with Crippen LogP contribution in [0.1, 0.15) is 19.4 Å². The van der Waals surface area contributed by atoms with Gasteiger partial charge in [0.05, 0.1) is 18.8 Å². The molecule has 0 spiro atoms. The summed E-state index contributed by atoms with van der Waals surface area (Å²) in [5, 5.41) is 8.55. The maximum Gasteiger partial charge on any atom is 0.328 e. The van der Waals surface area contributed by atoms with E-state index in [2.05, 4.69) is 28.7 Å². The summed E-state index contributed by atoms with van der Waals surface area (Å²) in [6.07, 6.45) is 5.77. The zero-order chi connectivity index (χ0) is 13.9. The number of aromatic nitrogens is 2. The van der Waals surface area contributed by atoms with Gasteiger partial charge in [0.1, 0.15) is 0 Å². The Morgan fingerprint density at radius 2 is 2.16 bits per heavy atom. The molecule has 0 amide bonds. The van der Waals surface area contributed by atoms with Crippen molar-refractivity contribution in [2.45, 2.75) is 19.4 Å². The molecule has 1 fully saturated rings. The van der Waals surface area contributed by atoms with Gasteiger partial charge in [0.2, 0.25) is 5.95 Å². The second-order valence-electron chi connectivity index (χ2n) is 5.00. The van der Waals surface area contributed by atoms with Gasteiger partial charge in [0.25, 0.3) is 0 Å². The van der Waals surface area contributed by atoms with E-state index in [1.165, 1.54) is 6.08 Å². The maximum atomic E-state index is 10.4. The number of carboxylic acid groups (broad SMARTS) is 1. The SMILES string of the molecule is CC1(C)COCCN1c1ncc(/C=C/C(=O)O)cn1. The molecule has 102 valence electrons. The monoisotopic (exact) mass is 263 g/mol. The molecule has 0 aromatic carbocycles. The first kappa shape index (κ1) is 13.5. The topological polar surface area (TPSA) is 75.5 Å². The fourth-order valence-corrected chi connectivity index (χ4v) is 1.95. The van der Waals surface area contributed by atoms with Gasteiger partial charge in [-0.1, -0.05) is 0 Å². The lowest BCUT2D eigenvalue weighted by atomic mass is 10.0. The third kappa shape index (κ3) is 3.29. The van der Waals surface area contributed by atoms with Crippen LogP contribution in [-0.2, 0) is 9.53 Å². The zero-order valence-corrected chi connectivity index (χ0v) is 11.0. The number of anilines is 1. The van der Waals surface area contributed by atoms with E-state index >= 15 is 0 Å². The van der Waals surface area contributed by atoms with Crippen LogP contribution in [0.2, 0.25) is 0 Å². The molecule has 0 radical (unpaired) electrons. The van der Waals surface area contributed by atoms with Crippen LogP contribution >= 0.6 is 0 Å². The van der Waals surface area contributed by atoms with Gasteiger partial charge in [-0.15, -0.1) is 0 Å². The minimum atomic E-state index is -0.988. The fourth-order valence-electron chi connectivity index (χ4n) is 1.95. The van der Waals surface area contributed by atoms with Crippen molar-refractivity contribution in [2.75, 3.05) is 24.7 Å². The number of nitrogens with zero attached hydrogens (tertiary/aromatic N) is 3. The minimum Gasteiger partial charge on any atom is -0.478 e. The molecule has 6 heteroatoms. The van der Waals surface area contributed by atoms with E-state index in [4.69, 9.17) is 9.84 Å². The van der Waals surface area contributed by atoms with Crippen molar-refractivity contribution in [3.63, 3.8) is 0 Å². The number of rotatable bonds is 3. The summed E-state index contributed by atoms with van der Waals surface area (Å²) < 4.78 is 5.45. The molecule has 1 N–H and O–H groups in total. The Morgan fingerprint density at radius 1 is 1.47 bits per heavy atom. The molecule has 0 atom stereocenters. The lowest BCUT2D eigenvalue weighted by molar-refractivity contribution is -0.131. The third-order valence-corrected chi connectivity index (χ3v) is 2.96. The number of hydrogen-bond acceptors (Lipinski definition) is 5. The van der Waals surface area contributed by atoms with E-state index < -0.39 is 5.97 Å². The van der Waals surface area contributed by atoms with Gasteiger partial charge in [-0.3, -0.25) is 0 Å². The summed E-state index contributed by atoms with van der Waals surface area (Å²) in [4.78, 5) is 21.1. The van der Waals surface area contributed by atoms with Gasteiger partial charge in [-0.2, -0.15) is 0 Å². The molecule has 19 heavy (non-hydrogen) atoms. The number of carboxylic acids is 1. The van der Waals surface area contributed by atoms with Gasteiger partial charge >= 0.3 is 5.97 Å². The molecule has 1 aromatic heterocycles. The standard InChI is InChI=1S/C13H17N3O3/c1-13(2)9-19-6-5-16(13)12-14-7-10(8-15-12)3-4-11(17)18/h3-4,7-8H,5-6,9H2,1-2H3,(H,17,18)/b4-3+. The van der Waals surface area contributed by atoms with Crippen LogP contribution in [0.3, 0.4) is 0 Å². The molecule has 1 aromatic rings. The van der Waals surface area contributed by atoms with Crippen LogP contribution in [0, 0.1) is 0 Å². The Balaban J connectivity index is 2.15. The van der Waals surface area contributed by atoms with Gasteiger partial charge < -0.3 is 14.7 Å². The molecule has 6 nitrogen and oxygen atoms in total. The van der Waals surface area contributed by atoms with Crippen LogP contribution < -0.4 is 4.90 Å². The van der Waals surface area contributed by atoms with Crippen LogP contribution in [0.25, 0.3) is 6.08 Å². The Bertz CT molecular complexity index is 482. The molecule has 0 bridgehead atoms. The molecule has 2 heterocycles. The molecular formula is C13H17N3O3. The predicted octanol–water partition coefficient (Wildman–Crippen LogP) is 1.19. The van der Waals surface area contributed by atoms with Crippen molar-refractivity contribution in [3.8, 4) is 0 Å². The molecule has 1 saturated heterocycles. The molecule has 0 saturated carbocycles. The Labute approximate surface area is 111 Å². The van der Waals surface area contributed by atoms with E-state index in [0.717, 1.165) is 12.6 Å². The predicted molar refractivity (Wildman–Crippen MR) is 70.9 cm³/mol. The Kier molecular flexibility index (Phi) is 3.80. The van der Waals surface area contributed by atoms with Crippen LogP contribution in [0.4, 0.5) is 5.95 Å². The van der Waals surface area contributed by atoms with E-state index in [0.29, 0.717) is 24.7 Å². The third-order valence-electron chi connectivity index (χ3n) is 2.96. The molecule has 0 unspecified atom stereocenters. The van der Waals surface area contributed by atoms with E-state index in [1.807, 2.05) is 0 Å². The second kappa shape index (κ2) is 5.36. The van der Waals surface area contributed by atoms with Crippen LogP contribution in [0.5, 0.6) is 0 Å². The molecule has 1 aliphatic rings. The summed E-state index contributed by atoms with van der Waals surface area (Å²) in [5.74, 6) is -0.348. The number of carbonyl (C=O) groups is 1. The summed E-state index contributed by atoms with van der Waals surface area (Å²) in [5.41, 5.74) is 0.522. The Morgan fingerprint density at radius 3 is 2.74 bits per heavy atom. The van der Waals surface area contributed by atoms with Crippen molar-refractivity contribution in [3.05, 3.63) is 24.0 Å². The minimum absolute atomic E-state index is 0.142. The molecular weight excluding hydrogens is 246 g/mol. The highest BCUT2D eigenvalue weighted by atomic mass is 16.5. The number of ether oxygens (including phenoxy) is 1. The van der Waals surface area contributed by atoms with Crippen molar-refractivity contribution in [2.24, 2.45) is 0 Å². The van der Waals surface area contributed by atoms with Gasteiger partial charge in [-0.25, -0.2) is 14.8 Å². The number of morpholine rings is 1. The lowest BCUT2D eigenvalue weighted by Crippen LogP contribution is -2.53. The molecule has 1 aliphatic heterocycles. The van der Waals surface area contributed by atoms with E-state index in [1.54, 1.807) is 12.4 Å². The average molecular weight is 263 g/mol. The van der Waals surface area contributed by atoms with Crippen LogP contribution in [0.15, 0.2) is 18.5 Å². The largest absolute Gasteiger partial charge is 0.478 e. The van der Waals surface area contributed by atoms with Crippen molar-refractivity contribution in [1.29, 1.82) is 0 Å². The normalized spacial score (nSPS) is 18.7. The summed E-state index contributed by atoms with van der Waals surface area (Å²) in [7, 11) is 0. The molecule has 0 aliphatic carbocycles. The average Bonchev–Trinajstić information content (AvgIpc) is 2.37. The lowest BCUT2D eigenvalue weighted by Gasteiger charge is -2.42. The zero-order valence-electron chi connectivity index (χ0n) is 11.0. The summed E-state index contributed by atoms with van der Waals surface area (Å²) in [6.45, 7) is 6.20. The number of aliphatic carboxylic acids is 1. The highest BCUT2D eigenvalue weighted by Crippen LogP contribution is 2.23. The van der Waals surface area contributed by atoms with E-state index in [9.17, 15) is 4.79 Å². The number of hydrogen-bond donors (Lipinski definition) is 1. The van der Waals surface area contributed by atoms with Gasteiger partial charge in [0, 0.05) is 30.6 Å². The molecule has 2 rings (SSSR count). The first-order valence-corrected chi connectivity index (χ1v) is 6.07. The maximum absolute atomic E-state index is 10.4. The van der Waals surface area contributed by atoms with E-state index in [-0.39, 0.29) is 5.54 Å². The highest BCUT2D eigenvalue weighted by molar-refractivity contribution is 5.85. The van der Waals surface area contributed by atoms with Crippen LogP contribution in [-0.4, -0.2) is 46.3 Å². The Hall–Kier alpha value is -1.95. The summed E-state index contributed by atoms with van der Waals surface area (Å²) >= 11 is 0. The first-order valence-electron chi connectivity index (χ1n) is 6.07. The fraction of sp³-hybridized carbons (Fsp3) is 0.462. The summed E-state index contributed by atoms with van der Waals surface area (Å²) in [6, 6.07) is 0. The van der Waals surface area contributed by atoms with Gasteiger partial charge in [0.15, 0.2) is 0 Å². The van der Waals surface area contributed by atoms with Gasteiger partial charge in [-0.05, 0) is 19.9 Å². The second-order valence-corrected chi connectivity index (χ2v) is 5.00. The highest BCUT2D eigenvalue weighted by Gasteiger charge is 2.32. The van der Waals surface area contributed by atoms with Crippen molar-refractivity contribution < 1.29 is 14.6 Å². The quantitative estimate of drug-likeness (QED) is 0.826. The first-order chi connectivity index (χ1) is 8.99. The van der Waals surface area contributed by atoms with Crippen molar-refractivity contribution in [1.82, 2.24) is 9.97 Å². The smallest absolute Gasteiger partial charge is 0.328 e. The van der Waals surface area contributed by atoms with Crippen molar-refractivity contribution >= 4 is 18.0 Å².